The molecule has 1 aromatic heterocycles. The predicted octanol–water partition coefficient (Wildman–Crippen LogP) is 5.95. The fraction of sp³-hybridized carbons (Fsp3) is 0.129. The molecule has 1 atom stereocenters. The average Bonchev–Trinajstić information content (AvgIpc) is 3.33. The number of para-hydroxylation sites is 1. The highest BCUT2D eigenvalue weighted by molar-refractivity contribution is 6.07. The van der Waals surface area contributed by atoms with Crippen molar-refractivity contribution in [1.82, 2.24) is 5.32 Å². The van der Waals surface area contributed by atoms with Crippen LogP contribution < -0.4 is 10.6 Å². The molecule has 0 bridgehead atoms. The fourth-order valence-corrected chi connectivity index (χ4v) is 4.11. The molecule has 2 amide bonds. The summed E-state index contributed by atoms with van der Waals surface area (Å²) in [6.07, 6.45) is -1.21. The lowest BCUT2D eigenvalue weighted by molar-refractivity contribution is -0.146. The van der Waals surface area contributed by atoms with Gasteiger partial charge in [0.05, 0.1) is 6.42 Å². The normalized spacial score (nSPS) is 11.6. The molecule has 0 aliphatic heterocycles. The van der Waals surface area contributed by atoms with Crippen molar-refractivity contribution in [2.75, 3.05) is 5.32 Å². The van der Waals surface area contributed by atoms with Gasteiger partial charge in [-0.25, -0.2) is 4.79 Å². The zero-order valence-corrected chi connectivity index (χ0v) is 21.0. The number of benzene rings is 4. The van der Waals surface area contributed by atoms with E-state index in [1.165, 1.54) is 0 Å². The van der Waals surface area contributed by atoms with E-state index in [1.807, 2.05) is 91.0 Å². The van der Waals surface area contributed by atoms with Gasteiger partial charge >= 0.3 is 12.1 Å². The second kappa shape index (κ2) is 12.0. The predicted molar refractivity (Wildman–Crippen MR) is 147 cm³/mol. The number of hydrogen-bond donors (Lipinski definition) is 2. The molecular formula is C31H26N2O6. The highest BCUT2D eigenvalue weighted by Crippen LogP contribution is 2.30. The maximum absolute atomic E-state index is 13.2. The average molecular weight is 523 g/mol. The fourth-order valence-electron chi connectivity index (χ4n) is 4.11. The van der Waals surface area contributed by atoms with Crippen LogP contribution in [0, 0.1) is 0 Å². The van der Waals surface area contributed by atoms with Gasteiger partial charge in [-0.15, -0.1) is 0 Å². The molecule has 2 N–H and O–H groups in total. The van der Waals surface area contributed by atoms with Gasteiger partial charge < -0.3 is 24.5 Å². The highest BCUT2D eigenvalue weighted by atomic mass is 16.5. The Kier molecular flexibility index (Phi) is 7.83. The molecule has 8 heteroatoms. The highest BCUT2D eigenvalue weighted by Gasteiger charge is 2.26. The van der Waals surface area contributed by atoms with Crippen LogP contribution in [0.1, 0.15) is 17.5 Å². The van der Waals surface area contributed by atoms with Crippen molar-refractivity contribution >= 4 is 45.6 Å². The first-order valence-corrected chi connectivity index (χ1v) is 12.4. The van der Waals surface area contributed by atoms with E-state index in [-0.39, 0.29) is 19.6 Å². The second-order valence-corrected chi connectivity index (χ2v) is 8.91. The summed E-state index contributed by atoms with van der Waals surface area (Å²) in [6, 6.07) is 30.0. The van der Waals surface area contributed by atoms with Gasteiger partial charge in [-0.2, -0.15) is 0 Å². The van der Waals surface area contributed by atoms with Crippen molar-refractivity contribution in [1.29, 1.82) is 0 Å². The summed E-state index contributed by atoms with van der Waals surface area (Å²) >= 11 is 0. The largest absolute Gasteiger partial charge is 0.461 e. The van der Waals surface area contributed by atoms with Gasteiger partial charge in [0.25, 0.3) is 0 Å². The molecule has 1 heterocycles. The minimum atomic E-state index is -1.23. The third kappa shape index (κ3) is 6.61. The lowest BCUT2D eigenvalue weighted by Crippen LogP contribution is -2.45. The summed E-state index contributed by atoms with van der Waals surface area (Å²) in [6.45, 7) is 0.0668. The second-order valence-electron chi connectivity index (χ2n) is 8.91. The molecule has 0 spiro atoms. The SMILES string of the molecule is O=C(C[C@@H](NC(=O)OCc1ccccc1)C(=O)Nc1ccc2c(c1)oc1ccccc12)OCc1ccccc1. The molecule has 0 saturated heterocycles. The third-order valence-corrected chi connectivity index (χ3v) is 6.08. The zero-order valence-electron chi connectivity index (χ0n) is 21.0. The number of carbonyl (C=O) groups excluding carboxylic acids is 3. The molecule has 0 fully saturated rings. The summed E-state index contributed by atoms with van der Waals surface area (Å²) in [7, 11) is 0. The van der Waals surface area contributed by atoms with Gasteiger partial charge in [0.15, 0.2) is 0 Å². The number of hydrogen-bond acceptors (Lipinski definition) is 6. The van der Waals surface area contributed by atoms with Gasteiger partial charge in [-0.05, 0) is 29.3 Å². The van der Waals surface area contributed by atoms with E-state index >= 15 is 0 Å². The number of alkyl carbamates (subject to hydrolysis) is 1. The lowest BCUT2D eigenvalue weighted by Gasteiger charge is -2.18. The molecule has 0 unspecified atom stereocenters. The van der Waals surface area contributed by atoms with Crippen molar-refractivity contribution in [3.05, 3.63) is 114 Å². The molecule has 0 aliphatic rings. The van der Waals surface area contributed by atoms with E-state index in [2.05, 4.69) is 10.6 Å². The summed E-state index contributed by atoms with van der Waals surface area (Å²) < 4.78 is 16.5. The Morgan fingerprint density at radius 2 is 1.31 bits per heavy atom. The van der Waals surface area contributed by atoms with E-state index in [1.54, 1.807) is 12.1 Å². The van der Waals surface area contributed by atoms with Crippen molar-refractivity contribution in [3.63, 3.8) is 0 Å². The van der Waals surface area contributed by atoms with Crippen LogP contribution in [0.4, 0.5) is 10.5 Å². The Morgan fingerprint density at radius 1 is 0.692 bits per heavy atom. The lowest BCUT2D eigenvalue weighted by atomic mass is 10.1. The number of furan rings is 1. The Hall–Kier alpha value is -5.11. The van der Waals surface area contributed by atoms with Crippen LogP contribution in [-0.4, -0.2) is 24.0 Å². The van der Waals surface area contributed by atoms with Crippen LogP contribution in [0.15, 0.2) is 108 Å². The standard InChI is InChI=1S/C31H26N2O6/c34-29(37-19-21-9-3-1-4-10-21)18-26(33-31(36)38-20-22-11-5-2-6-12-22)30(35)32-23-15-16-25-24-13-7-8-14-27(24)39-28(25)17-23/h1-17,26H,18-20H2,(H,32,35)(H,33,36)/t26-/m1/s1. The minimum Gasteiger partial charge on any atom is -0.461 e. The first kappa shape index (κ1) is 25.5. The Balaban J connectivity index is 1.27. The first-order valence-electron chi connectivity index (χ1n) is 12.4. The molecule has 0 aliphatic carbocycles. The Morgan fingerprint density at radius 3 is 2.03 bits per heavy atom. The third-order valence-electron chi connectivity index (χ3n) is 6.08. The number of nitrogens with one attached hydrogen (secondary N) is 2. The summed E-state index contributed by atoms with van der Waals surface area (Å²) in [5, 5.41) is 7.13. The zero-order chi connectivity index (χ0) is 27.0. The number of esters is 1. The molecular weight excluding hydrogens is 496 g/mol. The van der Waals surface area contributed by atoms with Crippen LogP contribution in [0.5, 0.6) is 0 Å². The number of carbonyl (C=O) groups is 3. The maximum Gasteiger partial charge on any atom is 0.408 e. The topological polar surface area (TPSA) is 107 Å². The van der Waals surface area contributed by atoms with Crippen LogP contribution in [0.25, 0.3) is 21.9 Å². The molecule has 5 rings (SSSR count). The molecule has 0 radical (unpaired) electrons. The van der Waals surface area contributed by atoms with Crippen LogP contribution in [0.2, 0.25) is 0 Å². The number of amides is 2. The molecule has 196 valence electrons. The van der Waals surface area contributed by atoms with Crippen LogP contribution >= 0.6 is 0 Å². The van der Waals surface area contributed by atoms with E-state index in [0.717, 1.165) is 27.5 Å². The smallest absolute Gasteiger partial charge is 0.408 e. The number of rotatable bonds is 9. The summed E-state index contributed by atoms with van der Waals surface area (Å²) in [4.78, 5) is 38.4. The van der Waals surface area contributed by atoms with E-state index < -0.39 is 24.0 Å². The van der Waals surface area contributed by atoms with Gasteiger partial charge in [-0.3, -0.25) is 9.59 Å². The van der Waals surface area contributed by atoms with Crippen molar-refractivity contribution < 1.29 is 28.3 Å². The quantitative estimate of drug-likeness (QED) is 0.232. The van der Waals surface area contributed by atoms with Crippen LogP contribution in [-0.2, 0) is 32.3 Å². The van der Waals surface area contributed by atoms with Gasteiger partial charge in [0, 0.05) is 22.5 Å². The maximum atomic E-state index is 13.2. The molecule has 39 heavy (non-hydrogen) atoms. The van der Waals surface area contributed by atoms with Crippen molar-refractivity contribution in [2.45, 2.75) is 25.7 Å². The van der Waals surface area contributed by atoms with Crippen molar-refractivity contribution in [2.24, 2.45) is 0 Å². The van der Waals surface area contributed by atoms with Gasteiger partial charge in [-0.1, -0.05) is 78.9 Å². The van der Waals surface area contributed by atoms with Crippen molar-refractivity contribution in [3.8, 4) is 0 Å². The van der Waals surface area contributed by atoms with E-state index in [0.29, 0.717) is 11.3 Å². The molecule has 5 aromatic rings. The van der Waals surface area contributed by atoms with E-state index in [4.69, 9.17) is 13.9 Å². The number of fused-ring (bicyclic) bond motifs is 3. The number of anilines is 1. The monoisotopic (exact) mass is 522 g/mol. The molecule has 8 nitrogen and oxygen atoms in total. The Labute approximate surface area is 224 Å². The van der Waals surface area contributed by atoms with Crippen LogP contribution in [0.3, 0.4) is 0 Å². The summed E-state index contributed by atoms with van der Waals surface area (Å²) in [5.41, 5.74) is 3.38. The van der Waals surface area contributed by atoms with Gasteiger partial charge in [0.2, 0.25) is 5.91 Å². The molecule has 0 saturated carbocycles. The summed E-state index contributed by atoms with van der Waals surface area (Å²) in [5.74, 6) is -1.24. The molecule has 4 aromatic carbocycles. The van der Waals surface area contributed by atoms with Gasteiger partial charge in [0.1, 0.15) is 30.4 Å². The number of ether oxygens (including phenoxy) is 2. The minimum absolute atomic E-state index is 0.0161. The van der Waals surface area contributed by atoms with E-state index in [9.17, 15) is 14.4 Å². The Bertz CT molecular complexity index is 1540. The first-order chi connectivity index (χ1) is 19.0.